The number of hydrogen-bond acceptors (Lipinski definition) is 4. The second-order valence-corrected chi connectivity index (χ2v) is 6.05. The van der Waals surface area contributed by atoms with E-state index in [1.165, 1.54) is 5.01 Å². The topological polar surface area (TPSA) is 45.1 Å². The lowest BCUT2D eigenvalue weighted by atomic mass is 9.98. The average Bonchev–Trinajstić information content (AvgIpc) is 2.63. The first kappa shape index (κ1) is 13.6. The lowest BCUT2D eigenvalue weighted by molar-refractivity contribution is 0.268. The Labute approximate surface area is 102 Å². The van der Waals surface area contributed by atoms with Crippen molar-refractivity contribution in [1.82, 2.24) is 10.3 Å². The van der Waals surface area contributed by atoms with Crippen LogP contribution in [0.15, 0.2) is 5.38 Å². The lowest BCUT2D eigenvalue weighted by Gasteiger charge is -2.14. The highest BCUT2D eigenvalue weighted by Crippen LogP contribution is 2.25. The van der Waals surface area contributed by atoms with Crippen molar-refractivity contribution in [3.05, 3.63) is 16.1 Å². The van der Waals surface area contributed by atoms with Gasteiger partial charge >= 0.3 is 0 Å². The number of hydrogen-bond donors (Lipinski definition) is 2. The summed E-state index contributed by atoms with van der Waals surface area (Å²) in [6.45, 7) is 9.63. The van der Waals surface area contributed by atoms with E-state index in [1.54, 1.807) is 11.3 Å². The molecule has 1 rings (SSSR count). The molecule has 0 aliphatic rings. The number of nitrogens with zero attached hydrogens (tertiary/aromatic N) is 1. The maximum absolute atomic E-state index is 8.79. The van der Waals surface area contributed by atoms with E-state index in [1.807, 2.05) is 0 Å². The number of thiazole rings is 1. The molecule has 0 saturated carbocycles. The van der Waals surface area contributed by atoms with Crippen LogP contribution in [0.25, 0.3) is 0 Å². The van der Waals surface area contributed by atoms with E-state index in [0.717, 1.165) is 18.7 Å². The van der Waals surface area contributed by atoms with Gasteiger partial charge in [-0.2, -0.15) is 0 Å². The molecular formula is C12H22N2OS. The molecule has 0 fully saturated rings. The van der Waals surface area contributed by atoms with Gasteiger partial charge in [0.2, 0.25) is 0 Å². The fraction of sp³-hybridized carbons (Fsp3) is 0.750. The predicted octanol–water partition coefficient (Wildman–Crippen LogP) is 2.30. The van der Waals surface area contributed by atoms with Crippen molar-refractivity contribution in [2.75, 3.05) is 6.61 Å². The van der Waals surface area contributed by atoms with Gasteiger partial charge in [-0.1, -0.05) is 20.8 Å². The van der Waals surface area contributed by atoms with Crippen LogP contribution >= 0.6 is 11.3 Å². The molecule has 4 heteroatoms. The van der Waals surface area contributed by atoms with Gasteiger partial charge in [0.25, 0.3) is 0 Å². The Kier molecular flexibility index (Phi) is 4.89. The zero-order chi connectivity index (χ0) is 12.2. The van der Waals surface area contributed by atoms with Gasteiger partial charge < -0.3 is 10.4 Å². The van der Waals surface area contributed by atoms with E-state index in [9.17, 15) is 0 Å². The molecule has 0 bridgehead atoms. The first-order chi connectivity index (χ1) is 7.43. The highest BCUT2D eigenvalue weighted by Gasteiger charge is 2.17. The fourth-order valence-electron chi connectivity index (χ4n) is 1.31. The Balaban J connectivity index is 2.47. The summed E-state index contributed by atoms with van der Waals surface area (Å²) < 4.78 is 0. The SMILES string of the molecule is C[C@H](CCO)NCc1csc(C(C)(C)C)n1. The van der Waals surface area contributed by atoms with Crippen molar-refractivity contribution in [3.8, 4) is 0 Å². The zero-order valence-electron chi connectivity index (χ0n) is 10.6. The van der Waals surface area contributed by atoms with Crippen LogP contribution in [0.5, 0.6) is 0 Å². The van der Waals surface area contributed by atoms with Crippen molar-refractivity contribution in [2.24, 2.45) is 0 Å². The van der Waals surface area contributed by atoms with Crippen molar-refractivity contribution in [1.29, 1.82) is 0 Å². The first-order valence-corrected chi connectivity index (χ1v) is 6.60. The summed E-state index contributed by atoms with van der Waals surface area (Å²) in [4.78, 5) is 4.61. The molecule has 0 amide bonds. The van der Waals surface area contributed by atoms with Crippen LogP contribution in [0.2, 0.25) is 0 Å². The van der Waals surface area contributed by atoms with Crippen molar-refractivity contribution in [2.45, 2.75) is 52.1 Å². The van der Waals surface area contributed by atoms with Crippen molar-refractivity contribution in [3.63, 3.8) is 0 Å². The van der Waals surface area contributed by atoms with E-state index in [4.69, 9.17) is 5.11 Å². The molecule has 0 spiro atoms. The highest BCUT2D eigenvalue weighted by atomic mass is 32.1. The number of aromatic nitrogens is 1. The maximum Gasteiger partial charge on any atom is 0.0982 e. The van der Waals surface area contributed by atoms with Gasteiger partial charge in [-0.05, 0) is 13.3 Å². The van der Waals surface area contributed by atoms with Gasteiger partial charge in [-0.3, -0.25) is 0 Å². The average molecular weight is 242 g/mol. The Morgan fingerprint density at radius 3 is 2.69 bits per heavy atom. The molecule has 1 aromatic rings. The minimum absolute atomic E-state index is 0.139. The molecule has 0 radical (unpaired) electrons. The molecule has 3 nitrogen and oxygen atoms in total. The molecule has 0 saturated heterocycles. The van der Waals surface area contributed by atoms with Gasteiger partial charge in [0, 0.05) is 30.0 Å². The smallest absolute Gasteiger partial charge is 0.0982 e. The van der Waals surface area contributed by atoms with Crippen LogP contribution < -0.4 is 5.32 Å². The summed E-state index contributed by atoms with van der Waals surface area (Å²) in [7, 11) is 0. The monoisotopic (exact) mass is 242 g/mol. The third-order valence-corrected chi connectivity index (χ3v) is 3.70. The third kappa shape index (κ3) is 4.20. The van der Waals surface area contributed by atoms with E-state index in [0.29, 0.717) is 6.04 Å². The second kappa shape index (κ2) is 5.75. The number of aliphatic hydroxyl groups excluding tert-OH is 1. The maximum atomic E-state index is 8.79. The van der Waals surface area contributed by atoms with Crippen LogP contribution in [-0.4, -0.2) is 22.7 Å². The van der Waals surface area contributed by atoms with Crippen molar-refractivity contribution >= 4 is 11.3 Å². The van der Waals surface area contributed by atoms with Crippen LogP contribution in [0, 0.1) is 0 Å². The van der Waals surface area contributed by atoms with E-state index < -0.39 is 0 Å². The summed E-state index contributed by atoms with van der Waals surface area (Å²) in [6, 6.07) is 0.338. The van der Waals surface area contributed by atoms with Crippen LogP contribution in [0.4, 0.5) is 0 Å². The fourth-order valence-corrected chi connectivity index (χ4v) is 2.21. The summed E-state index contributed by atoms with van der Waals surface area (Å²) >= 11 is 1.72. The molecule has 92 valence electrons. The first-order valence-electron chi connectivity index (χ1n) is 5.72. The Hall–Kier alpha value is -0.450. The molecular weight excluding hydrogens is 220 g/mol. The minimum Gasteiger partial charge on any atom is -0.396 e. The molecule has 0 aliphatic heterocycles. The number of nitrogens with one attached hydrogen (secondary N) is 1. The largest absolute Gasteiger partial charge is 0.396 e. The number of rotatable bonds is 5. The zero-order valence-corrected chi connectivity index (χ0v) is 11.4. The Bertz CT molecular complexity index is 317. The molecule has 0 aromatic carbocycles. The Morgan fingerprint density at radius 1 is 1.50 bits per heavy atom. The predicted molar refractivity (Wildman–Crippen MR) is 68.8 cm³/mol. The van der Waals surface area contributed by atoms with Crippen LogP contribution in [0.3, 0.4) is 0 Å². The van der Waals surface area contributed by atoms with Gasteiger partial charge in [0.1, 0.15) is 0 Å². The quantitative estimate of drug-likeness (QED) is 0.833. The second-order valence-electron chi connectivity index (χ2n) is 5.19. The third-order valence-electron chi connectivity index (χ3n) is 2.39. The number of aliphatic hydroxyl groups is 1. The van der Waals surface area contributed by atoms with Gasteiger partial charge in [0.15, 0.2) is 0 Å². The summed E-state index contributed by atoms with van der Waals surface area (Å²) in [5.41, 5.74) is 1.24. The molecule has 0 aliphatic carbocycles. The molecule has 1 heterocycles. The van der Waals surface area contributed by atoms with Gasteiger partial charge in [0.05, 0.1) is 10.7 Å². The van der Waals surface area contributed by atoms with Gasteiger partial charge in [-0.25, -0.2) is 4.98 Å². The lowest BCUT2D eigenvalue weighted by Crippen LogP contribution is -2.26. The summed E-state index contributed by atoms with van der Waals surface area (Å²) in [5, 5.41) is 15.4. The van der Waals surface area contributed by atoms with E-state index in [2.05, 4.69) is 43.4 Å². The minimum atomic E-state index is 0.139. The molecule has 0 unspecified atom stereocenters. The molecule has 2 N–H and O–H groups in total. The molecule has 16 heavy (non-hydrogen) atoms. The Morgan fingerprint density at radius 2 is 2.19 bits per heavy atom. The van der Waals surface area contributed by atoms with Crippen LogP contribution in [0.1, 0.15) is 44.8 Å². The standard InChI is InChI=1S/C12H22N2OS/c1-9(5-6-15)13-7-10-8-16-11(14-10)12(2,3)4/h8-9,13,15H,5-7H2,1-4H3/t9-/m1/s1. The summed E-state index contributed by atoms with van der Waals surface area (Å²) in [5.74, 6) is 0. The highest BCUT2D eigenvalue weighted by molar-refractivity contribution is 7.09. The van der Waals surface area contributed by atoms with Crippen molar-refractivity contribution < 1.29 is 5.11 Å². The summed E-state index contributed by atoms with van der Waals surface area (Å²) in [6.07, 6.45) is 0.788. The molecule has 1 aromatic heterocycles. The van der Waals surface area contributed by atoms with Crippen LogP contribution in [-0.2, 0) is 12.0 Å². The van der Waals surface area contributed by atoms with E-state index in [-0.39, 0.29) is 12.0 Å². The molecule has 1 atom stereocenters. The van der Waals surface area contributed by atoms with E-state index >= 15 is 0 Å². The van der Waals surface area contributed by atoms with Gasteiger partial charge in [-0.15, -0.1) is 11.3 Å². The normalized spacial score (nSPS) is 14.1.